The van der Waals surface area contributed by atoms with Crippen LogP contribution < -0.4 is 15.5 Å². The number of hydrogen-bond acceptors (Lipinski definition) is 9. The van der Waals surface area contributed by atoms with E-state index in [2.05, 4.69) is 53.6 Å². The minimum atomic E-state index is -0.403. The molecular formula is C38H38N12O3. The Kier molecular flexibility index (Phi) is 8.31. The van der Waals surface area contributed by atoms with E-state index >= 15 is 0 Å². The number of urea groups is 1. The number of imide groups is 1. The fourth-order valence-corrected chi connectivity index (χ4v) is 8.23. The number of hydrogen-bond donors (Lipinski definition) is 2. The van der Waals surface area contributed by atoms with E-state index in [9.17, 15) is 14.4 Å². The number of pyridine rings is 1. The number of amides is 4. The average Bonchev–Trinajstić information content (AvgIpc) is 3.92. The number of benzene rings is 1. The summed E-state index contributed by atoms with van der Waals surface area (Å²) in [7, 11) is 0. The first-order valence-electron chi connectivity index (χ1n) is 18.2. The molecule has 6 aromatic rings. The summed E-state index contributed by atoms with van der Waals surface area (Å²) in [6.45, 7) is 3.64. The Labute approximate surface area is 304 Å². The van der Waals surface area contributed by atoms with Gasteiger partial charge in [0.15, 0.2) is 5.65 Å². The summed E-state index contributed by atoms with van der Waals surface area (Å²) in [5.74, 6) is 1.27. The number of rotatable bonds is 7. The maximum Gasteiger partial charge on any atom is 0.329 e. The Hall–Kier alpha value is -6.14. The van der Waals surface area contributed by atoms with Gasteiger partial charge in [0, 0.05) is 49.2 Å². The lowest BCUT2D eigenvalue weighted by molar-refractivity contribution is -0.120. The molecule has 9 rings (SSSR count). The van der Waals surface area contributed by atoms with E-state index in [0.29, 0.717) is 52.7 Å². The zero-order valence-corrected chi connectivity index (χ0v) is 29.1. The zero-order valence-electron chi connectivity index (χ0n) is 29.1. The predicted octanol–water partition coefficient (Wildman–Crippen LogP) is 4.91. The van der Waals surface area contributed by atoms with Gasteiger partial charge in [-0.2, -0.15) is 15.5 Å². The van der Waals surface area contributed by atoms with Crippen LogP contribution in [0.5, 0.6) is 0 Å². The highest BCUT2D eigenvalue weighted by Crippen LogP contribution is 2.35. The minimum absolute atomic E-state index is 0.246. The molecule has 0 spiro atoms. The Morgan fingerprint density at radius 3 is 2.62 bits per heavy atom. The first-order valence-corrected chi connectivity index (χ1v) is 18.2. The van der Waals surface area contributed by atoms with Gasteiger partial charge in [0.25, 0.3) is 5.91 Å². The highest BCUT2D eigenvalue weighted by atomic mass is 16.2. The number of piperidine rings is 1. The molecule has 0 radical (unpaired) electrons. The molecule has 1 aliphatic carbocycles. The standard InChI is InChI=1S/C38H38N12O3/c39-17-25-18-41-36-31(19-42-50(36)22-25)37(52)43-29-3-6-32-28(15-29)23-49(45-32)30-4-1-24(2-5-30)21-46-11-7-26(8-12-46)27-9-13-47-33(16-27)40-20-35(47)48-14-10-34(51)44-38(48)53/h3,6,9,13,15-16,18-20,22-24,26,30H,1-2,4-5,7-8,10-12,14,21H2,(H,43,52)(H,44,51,53)/t24-,30-. The van der Waals surface area contributed by atoms with Crippen molar-refractivity contribution in [1.82, 2.24) is 44.0 Å². The second kappa shape index (κ2) is 13.4. The van der Waals surface area contributed by atoms with Crippen molar-refractivity contribution in [1.29, 1.82) is 5.26 Å². The number of carbonyl (C=O) groups excluding carboxylic acids is 3. The number of nitriles is 1. The van der Waals surface area contributed by atoms with Gasteiger partial charge >= 0.3 is 6.03 Å². The van der Waals surface area contributed by atoms with Crippen molar-refractivity contribution in [3.8, 4) is 6.07 Å². The van der Waals surface area contributed by atoms with Gasteiger partial charge in [0.1, 0.15) is 23.1 Å². The van der Waals surface area contributed by atoms with E-state index in [0.717, 1.165) is 61.9 Å². The highest BCUT2D eigenvalue weighted by Gasteiger charge is 2.29. The summed E-state index contributed by atoms with van der Waals surface area (Å²) in [6, 6.07) is 12.0. The SMILES string of the molecule is N#Cc1cnc2c(C(=O)Nc3ccc4nn([C@H]5CC[C@H](CN6CCC(c7ccn8c(N9CCC(=O)NC9=O)cnc8c7)CC6)CC5)cc4c3)cnn2c1. The number of carbonyl (C=O) groups is 3. The molecule has 1 aromatic carbocycles. The fraction of sp³-hybridized carbons (Fsp3) is 0.368. The molecule has 2 saturated heterocycles. The van der Waals surface area contributed by atoms with Crippen molar-refractivity contribution in [2.45, 2.75) is 56.9 Å². The summed E-state index contributed by atoms with van der Waals surface area (Å²) >= 11 is 0. The van der Waals surface area contributed by atoms with Crippen LogP contribution >= 0.6 is 0 Å². The van der Waals surface area contributed by atoms with Crippen molar-refractivity contribution < 1.29 is 14.4 Å². The molecule has 4 amide bonds. The molecule has 0 atom stereocenters. The number of nitrogens with one attached hydrogen (secondary N) is 2. The van der Waals surface area contributed by atoms with Crippen molar-refractivity contribution in [2.75, 3.05) is 36.4 Å². The van der Waals surface area contributed by atoms with Crippen molar-refractivity contribution >= 4 is 51.5 Å². The van der Waals surface area contributed by atoms with Crippen LogP contribution in [0.2, 0.25) is 0 Å². The van der Waals surface area contributed by atoms with E-state index < -0.39 is 6.03 Å². The predicted molar refractivity (Wildman–Crippen MR) is 195 cm³/mol. The minimum Gasteiger partial charge on any atom is -0.322 e. The smallest absolute Gasteiger partial charge is 0.322 e. The fourth-order valence-electron chi connectivity index (χ4n) is 8.23. The number of aromatic nitrogens is 7. The van der Waals surface area contributed by atoms with E-state index in [1.165, 1.54) is 35.3 Å². The summed E-state index contributed by atoms with van der Waals surface area (Å²) in [5, 5.41) is 24.5. The van der Waals surface area contributed by atoms with Gasteiger partial charge < -0.3 is 10.2 Å². The third kappa shape index (κ3) is 6.35. The van der Waals surface area contributed by atoms with Gasteiger partial charge in [-0.3, -0.25) is 28.9 Å². The first kappa shape index (κ1) is 32.7. The molecule has 268 valence electrons. The van der Waals surface area contributed by atoms with Crippen LogP contribution in [0.4, 0.5) is 16.3 Å². The van der Waals surface area contributed by atoms with Crippen LogP contribution in [0.15, 0.2) is 67.5 Å². The third-order valence-corrected chi connectivity index (χ3v) is 11.1. The van der Waals surface area contributed by atoms with Crippen molar-refractivity contribution in [2.24, 2.45) is 5.92 Å². The Morgan fingerprint density at radius 2 is 1.81 bits per heavy atom. The zero-order chi connectivity index (χ0) is 36.1. The first-order chi connectivity index (χ1) is 25.9. The molecule has 7 heterocycles. The lowest BCUT2D eigenvalue weighted by Gasteiger charge is -2.36. The van der Waals surface area contributed by atoms with Gasteiger partial charge in [0.2, 0.25) is 5.91 Å². The Bertz CT molecular complexity index is 2420. The van der Waals surface area contributed by atoms with Crippen LogP contribution in [0.1, 0.15) is 78.4 Å². The molecule has 15 nitrogen and oxygen atoms in total. The number of likely N-dealkylation sites (tertiary alicyclic amines) is 1. The number of nitrogens with zero attached hydrogens (tertiary/aromatic N) is 10. The number of anilines is 2. The number of fused-ring (bicyclic) bond motifs is 3. The van der Waals surface area contributed by atoms with Crippen LogP contribution in [0.3, 0.4) is 0 Å². The van der Waals surface area contributed by atoms with Gasteiger partial charge in [-0.25, -0.2) is 19.3 Å². The summed E-state index contributed by atoms with van der Waals surface area (Å²) in [4.78, 5) is 50.1. The topological polar surface area (TPSA) is 171 Å². The largest absolute Gasteiger partial charge is 0.329 e. The monoisotopic (exact) mass is 710 g/mol. The molecule has 2 N–H and O–H groups in total. The Morgan fingerprint density at radius 1 is 0.962 bits per heavy atom. The third-order valence-electron chi connectivity index (χ3n) is 11.1. The highest BCUT2D eigenvalue weighted by molar-refractivity contribution is 6.08. The summed E-state index contributed by atoms with van der Waals surface area (Å²) in [5.41, 5.74) is 4.76. The van der Waals surface area contributed by atoms with E-state index in [1.54, 1.807) is 17.3 Å². The van der Waals surface area contributed by atoms with Crippen LogP contribution in [-0.4, -0.2) is 82.7 Å². The molecule has 5 aromatic heterocycles. The van der Waals surface area contributed by atoms with Gasteiger partial charge in [0.05, 0.1) is 35.7 Å². The molecule has 0 unspecified atom stereocenters. The molecule has 0 bridgehead atoms. The maximum atomic E-state index is 13.1. The molecular weight excluding hydrogens is 672 g/mol. The van der Waals surface area contributed by atoms with Crippen LogP contribution in [0.25, 0.3) is 22.2 Å². The second-order valence-electron chi connectivity index (χ2n) is 14.4. The van der Waals surface area contributed by atoms with Gasteiger partial charge in [-0.05, 0) is 99.3 Å². The average molecular weight is 711 g/mol. The van der Waals surface area contributed by atoms with Crippen molar-refractivity contribution in [3.05, 3.63) is 84.2 Å². The quantitative estimate of drug-likeness (QED) is 0.234. The summed E-state index contributed by atoms with van der Waals surface area (Å²) < 4.78 is 5.47. The van der Waals surface area contributed by atoms with Gasteiger partial charge in [-0.1, -0.05) is 0 Å². The van der Waals surface area contributed by atoms with E-state index in [-0.39, 0.29) is 18.2 Å². The summed E-state index contributed by atoms with van der Waals surface area (Å²) in [6.07, 6.45) is 17.3. The van der Waals surface area contributed by atoms with Crippen LogP contribution in [0, 0.1) is 17.2 Å². The maximum absolute atomic E-state index is 13.1. The molecule has 2 aliphatic heterocycles. The molecule has 1 saturated carbocycles. The molecule has 3 fully saturated rings. The molecule has 53 heavy (non-hydrogen) atoms. The molecule has 15 heteroatoms. The normalized spacial score (nSPS) is 20.2. The van der Waals surface area contributed by atoms with E-state index in [4.69, 9.17) is 10.4 Å². The second-order valence-corrected chi connectivity index (χ2v) is 14.4. The van der Waals surface area contributed by atoms with E-state index in [1.807, 2.05) is 34.9 Å². The molecule has 3 aliphatic rings. The number of imidazole rings is 1. The Balaban J connectivity index is 0.766. The lowest BCUT2D eigenvalue weighted by Crippen LogP contribution is -2.50. The van der Waals surface area contributed by atoms with Gasteiger partial charge in [-0.15, -0.1) is 0 Å². The van der Waals surface area contributed by atoms with Crippen LogP contribution in [-0.2, 0) is 4.79 Å². The van der Waals surface area contributed by atoms with Crippen molar-refractivity contribution in [3.63, 3.8) is 0 Å². The lowest BCUT2D eigenvalue weighted by atomic mass is 9.84.